The van der Waals surface area contributed by atoms with Gasteiger partial charge in [-0.2, -0.15) is 0 Å². The summed E-state index contributed by atoms with van der Waals surface area (Å²) in [5, 5.41) is 3.73. The molecular weight excluding hydrogens is 474 g/mol. The van der Waals surface area contributed by atoms with Crippen molar-refractivity contribution in [3.63, 3.8) is 0 Å². The van der Waals surface area contributed by atoms with Crippen molar-refractivity contribution in [3.8, 4) is 0 Å². The van der Waals surface area contributed by atoms with E-state index < -0.39 is 29.3 Å². The Bertz CT molecular complexity index is 1100. The molecule has 2 aromatic rings. The predicted molar refractivity (Wildman–Crippen MR) is 141 cm³/mol. The molecule has 37 heavy (non-hydrogen) atoms. The van der Waals surface area contributed by atoms with E-state index in [1.807, 2.05) is 62.8 Å². The lowest BCUT2D eigenvalue weighted by Gasteiger charge is -2.33. The van der Waals surface area contributed by atoms with E-state index in [4.69, 9.17) is 14.2 Å². The molecule has 1 aliphatic rings. The maximum Gasteiger partial charge on any atom is 0.410 e. The second kappa shape index (κ2) is 11.4. The van der Waals surface area contributed by atoms with E-state index >= 15 is 0 Å². The number of hydrogen-bond acceptors (Lipinski definition) is 6. The van der Waals surface area contributed by atoms with Crippen LogP contribution >= 0.6 is 0 Å². The molecule has 3 rings (SSSR count). The number of aromatic nitrogens is 1. The predicted octanol–water partition coefficient (Wildman–Crippen LogP) is 4.80. The molecule has 1 saturated heterocycles. The molecule has 1 atom stereocenters. The van der Waals surface area contributed by atoms with Crippen LogP contribution in [0.1, 0.15) is 59.9 Å². The van der Waals surface area contributed by atoms with Crippen LogP contribution in [0.15, 0.2) is 30.5 Å². The molecule has 0 aliphatic carbocycles. The Labute approximate surface area is 219 Å². The smallest absolute Gasteiger partial charge is 0.410 e. The Hall–Kier alpha value is -3.23. The Kier molecular flexibility index (Phi) is 8.76. The van der Waals surface area contributed by atoms with Crippen LogP contribution < -0.4 is 5.32 Å². The third kappa shape index (κ3) is 8.40. The Morgan fingerprint density at radius 2 is 1.62 bits per heavy atom. The van der Waals surface area contributed by atoms with Crippen molar-refractivity contribution in [2.24, 2.45) is 13.0 Å². The third-order valence-electron chi connectivity index (χ3n) is 6.11. The number of likely N-dealkylation sites (tertiary alicyclic amines) is 1. The Morgan fingerprint density at radius 1 is 1.00 bits per heavy atom. The van der Waals surface area contributed by atoms with Crippen LogP contribution in [-0.4, -0.2) is 64.6 Å². The molecule has 0 saturated carbocycles. The van der Waals surface area contributed by atoms with Crippen LogP contribution in [0.2, 0.25) is 0 Å². The van der Waals surface area contributed by atoms with Crippen LogP contribution in [0, 0.1) is 5.92 Å². The number of fused-ring (bicyclic) bond motifs is 1. The molecular formula is C28H41N3O6. The van der Waals surface area contributed by atoms with Gasteiger partial charge in [-0.25, -0.2) is 14.4 Å². The molecule has 0 unspecified atom stereocenters. The Morgan fingerprint density at radius 3 is 2.24 bits per heavy atom. The van der Waals surface area contributed by atoms with Gasteiger partial charge in [0.1, 0.15) is 17.2 Å². The van der Waals surface area contributed by atoms with Gasteiger partial charge in [0.05, 0.1) is 6.61 Å². The lowest BCUT2D eigenvalue weighted by molar-refractivity contribution is -0.148. The Balaban J connectivity index is 1.63. The number of nitrogens with one attached hydrogen (secondary N) is 1. The van der Waals surface area contributed by atoms with Crippen molar-refractivity contribution < 1.29 is 28.6 Å². The fourth-order valence-electron chi connectivity index (χ4n) is 4.36. The number of amides is 2. The zero-order valence-electron chi connectivity index (χ0n) is 23.1. The summed E-state index contributed by atoms with van der Waals surface area (Å²) in [5.74, 6) is -0.379. The van der Waals surface area contributed by atoms with Crippen molar-refractivity contribution >= 4 is 29.1 Å². The molecule has 0 bridgehead atoms. The molecule has 2 heterocycles. The zero-order chi connectivity index (χ0) is 27.4. The van der Waals surface area contributed by atoms with Gasteiger partial charge in [-0.3, -0.25) is 0 Å². The largest absolute Gasteiger partial charge is 0.464 e. The van der Waals surface area contributed by atoms with E-state index in [0.29, 0.717) is 25.9 Å². The summed E-state index contributed by atoms with van der Waals surface area (Å²) in [6.45, 7) is 12.2. The maximum absolute atomic E-state index is 13.2. The first-order valence-corrected chi connectivity index (χ1v) is 12.9. The number of para-hydroxylation sites is 1. The lowest BCUT2D eigenvalue weighted by Crippen LogP contribution is -2.46. The molecule has 204 valence electrons. The number of ether oxygens (including phenoxy) is 3. The number of nitrogens with zero attached hydrogens (tertiary/aromatic N) is 2. The minimum absolute atomic E-state index is 0.127. The number of aryl methyl sites for hydroxylation is 1. The van der Waals surface area contributed by atoms with Crippen LogP contribution in [0.3, 0.4) is 0 Å². The van der Waals surface area contributed by atoms with Crippen LogP contribution in [-0.2, 0) is 32.5 Å². The van der Waals surface area contributed by atoms with E-state index in [2.05, 4.69) is 5.32 Å². The second-order valence-electron chi connectivity index (χ2n) is 11.7. The van der Waals surface area contributed by atoms with Gasteiger partial charge in [0, 0.05) is 43.7 Å². The number of carbonyl (C=O) groups excluding carboxylic acids is 3. The summed E-state index contributed by atoms with van der Waals surface area (Å²) < 4.78 is 18.5. The topological polar surface area (TPSA) is 99.1 Å². The number of rotatable bonds is 6. The van der Waals surface area contributed by atoms with Crippen molar-refractivity contribution in [1.82, 2.24) is 14.8 Å². The van der Waals surface area contributed by atoms with E-state index in [1.54, 1.807) is 25.7 Å². The van der Waals surface area contributed by atoms with Crippen molar-refractivity contribution in [2.75, 3.05) is 19.7 Å². The van der Waals surface area contributed by atoms with Gasteiger partial charge in [-0.05, 0) is 71.9 Å². The number of benzene rings is 1. The maximum atomic E-state index is 13.2. The van der Waals surface area contributed by atoms with Crippen molar-refractivity contribution in [1.29, 1.82) is 0 Å². The highest BCUT2D eigenvalue weighted by Crippen LogP contribution is 2.23. The minimum atomic E-state index is -0.900. The summed E-state index contributed by atoms with van der Waals surface area (Å²) in [6, 6.07) is 7.02. The number of esters is 1. The monoisotopic (exact) mass is 515 g/mol. The van der Waals surface area contributed by atoms with Gasteiger partial charge in [-0.15, -0.1) is 0 Å². The summed E-state index contributed by atoms with van der Waals surface area (Å²) >= 11 is 0. The summed E-state index contributed by atoms with van der Waals surface area (Å²) in [5.41, 5.74) is 0.740. The highest BCUT2D eigenvalue weighted by Gasteiger charge is 2.30. The van der Waals surface area contributed by atoms with E-state index in [0.717, 1.165) is 16.5 Å². The van der Waals surface area contributed by atoms with Crippen LogP contribution in [0.25, 0.3) is 10.9 Å². The number of piperidine rings is 1. The molecule has 1 aromatic carbocycles. The zero-order valence-corrected chi connectivity index (χ0v) is 23.1. The molecule has 1 aromatic heterocycles. The first-order valence-electron chi connectivity index (χ1n) is 12.9. The van der Waals surface area contributed by atoms with Crippen LogP contribution in [0.4, 0.5) is 9.59 Å². The molecule has 2 amide bonds. The summed E-state index contributed by atoms with van der Waals surface area (Å²) in [7, 11) is 1.95. The lowest BCUT2D eigenvalue weighted by atomic mass is 9.98. The normalized spacial score (nSPS) is 15.8. The van der Waals surface area contributed by atoms with Gasteiger partial charge in [0.25, 0.3) is 0 Å². The molecule has 0 spiro atoms. The third-order valence-corrected chi connectivity index (χ3v) is 6.11. The number of carbonyl (C=O) groups is 3. The summed E-state index contributed by atoms with van der Waals surface area (Å²) in [6.07, 6.45) is 2.67. The van der Waals surface area contributed by atoms with E-state index in [1.165, 1.54) is 0 Å². The average Bonchev–Trinajstić information content (AvgIpc) is 3.10. The van der Waals surface area contributed by atoms with Gasteiger partial charge >= 0.3 is 18.2 Å². The van der Waals surface area contributed by atoms with Gasteiger partial charge in [0.2, 0.25) is 0 Å². The van der Waals surface area contributed by atoms with Crippen molar-refractivity contribution in [2.45, 2.75) is 78.0 Å². The fourth-order valence-corrected chi connectivity index (χ4v) is 4.36. The SMILES string of the molecule is Cn1cc(C[C@@H](NC(=O)OC(C)(C)C)C(=O)OCC2CCN(C(=O)OC(C)(C)C)CC2)c2ccccc21. The average molecular weight is 516 g/mol. The molecule has 1 aliphatic heterocycles. The minimum Gasteiger partial charge on any atom is -0.464 e. The first-order chi connectivity index (χ1) is 17.2. The number of alkyl carbamates (subject to hydrolysis) is 1. The molecule has 0 radical (unpaired) electrons. The van der Waals surface area contributed by atoms with Crippen LogP contribution in [0.5, 0.6) is 0 Å². The van der Waals surface area contributed by atoms with Crippen molar-refractivity contribution in [3.05, 3.63) is 36.0 Å². The quantitative estimate of drug-likeness (QED) is 0.438. The highest BCUT2D eigenvalue weighted by atomic mass is 16.6. The fraction of sp³-hybridized carbons (Fsp3) is 0.607. The van der Waals surface area contributed by atoms with Gasteiger partial charge in [-0.1, -0.05) is 18.2 Å². The van der Waals surface area contributed by atoms with Gasteiger partial charge in [0.15, 0.2) is 0 Å². The highest BCUT2D eigenvalue weighted by molar-refractivity contribution is 5.86. The second-order valence-corrected chi connectivity index (χ2v) is 11.7. The summed E-state index contributed by atoms with van der Waals surface area (Å²) in [4.78, 5) is 39.7. The molecule has 9 nitrogen and oxygen atoms in total. The standard InChI is InChI=1S/C28H41N3O6/c1-27(2,3)36-25(33)29-22(16-20-17-30(7)23-11-9-8-10-21(20)23)24(32)35-18-19-12-14-31(15-13-19)26(34)37-28(4,5)6/h8-11,17,19,22H,12-16,18H2,1-7H3,(H,29,33)/t22-/m1/s1. The molecule has 9 heteroatoms. The molecule has 1 N–H and O–H groups in total. The van der Waals surface area contributed by atoms with E-state index in [9.17, 15) is 14.4 Å². The van der Waals surface area contributed by atoms with Gasteiger partial charge < -0.3 is 29.0 Å². The number of hydrogen-bond donors (Lipinski definition) is 1. The first kappa shape index (κ1) is 28.3. The van der Waals surface area contributed by atoms with E-state index in [-0.39, 0.29) is 25.0 Å². The molecule has 1 fully saturated rings.